The number of likely N-dealkylation sites (N-methyl/N-ethyl adjacent to an activating group) is 1. The number of carbonyl (C=O) groups is 2. The second-order valence-electron chi connectivity index (χ2n) is 6.55. The zero-order chi connectivity index (χ0) is 17.7. The number of fused-ring (bicyclic) bond motifs is 2. The molecule has 4 rings (SSSR count). The molecule has 0 spiro atoms. The van der Waals surface area contributed by atoms with E-state index < -0.39 is 11.5 Å². The average Bonchev–Trinajstić information content (AvgIpc) is 3.14. The number of likely N-dealkylation sites (tertiary alicyclic amines) is 1. The Morgan fingerprint density at radius 3 is 2.96 bits per heavy atom. The lowest BCUT2D eigenvalue weighted by molar-refractivity contribution is -0.131. The molecule has 0 aliphatic carbocycles. The van der Waals surface area contributed by atoms with Gasteiger partial charge in [0.25, 0.3) is 11.5 Å². The number of ether oxygens (including phenoxy) is 1. The van der Waals surface area contributed by atoms with E-state index in [1.807, 2.05) is 6.92 Å². The van der Waals surface area contributed by atoms with E-state index in [0.29, 0.717) is 31.8 Å². The van der Waals surface area contributed by atoms with E-state index >= 15 is 0 Å². The molecule has 2 aliphatic rings. The van der Waals surface area contributed by atoms with Crippen LogP contribution in [0.1, 0.15) is 22.5 Å². The average molecular weight is 345 g/mol. The van der Waals surface area contributed by atoms with Crippen LogP contribution in [0.2, 0.25) is 0 Å². The third-order valence-corrected chi connectivity index (χ3v) is 4.92. The normalized spacial score (nSPS) is 23.8. The van der Waals surface area contributed by atoms with Gasteiger partial charge in [-0.25, -0.2) is 9.50 Å². The van der Waals surface area contributed by atoms with Gasteiger partial charge in [-0.3, -0.25) is 19.5 Å². The van der Waals surface area contributed by atoms with Crippen LogP contribution in [0, 0.1) is 6.92 Å². The minimum Gasteiger partial charge on any atom is -0.374 e. The maximum Gasteiger partial charge on any atom is 0.285 e. The van der Waals surface area contributed by atoms with Gasteiger partial charge < -0.3 is 14.5 Å². The molecule has 2 saturated heterocycles. The molecule has 132 valence electrons. The molecule has 25 heavy (non-hydrogen) atoms. The van der Waals surface area contributed by atoms with E-state index in [-0.39, 0.29) is 23.6 Å². The maximum atomic E-state index is 12.8. The Labute approximate surface area is 143 Å². The van der Waals surface area contributed by atoms with Gasteiger partial charge in [-0.15, -0.1) is 0 Å². The van der Waals surface area contributed by atoms with Crippen molar-refractivity contribution in [1.29, 1.82) is 0 Å². The standard InChI is InChI=1S/C16H19N5O4/c1-9-5-13-17-6-10(16(24)21(13)18-9)15(23)20-7-11-12(8-20)25-4-3-14(22)19(11)2/h5-6,11-12,18H,3-4,7-8H2,1-2H3/t11-,12-/m0/s1. The fraction of sp³-hybridized carbons (Fsp3) is 0.500. The third kappa shape index (κ3) is 2.51. The number of aromatic amines is 1. The summed E-state index contributed by atoms with van der Waals surface area (Å²) in [6.45, 7) is 2.86. The van der Waals surface area contributed by atoms with Gasteiger partial charge in [0.1, 0.15) is 5.56 Å². The quantitative estimate of drug-likeness (QED) is 0.744. The molecule has 2 aromatic heterocycles. The summed E-state index contributed by atoms with van der Waals surface area (Å²) in [5, 5.41) is 2.88. The van der Waals surface area contributed by atoms with E-state index in [1.165, 1.54) is 10.7 Å². The molecule has 0 radical (unpaired) electrons. The molecule has 0 aromatic carbocycles. The second kappa shape index (κ2) is 5.69. The number of H-pyrrole nitrogens is 1. The van der Waals surface area contributed by atoms with Crippen molar-refractivity contribution in [2.75, 3.05) is 26.7 Å². The fourth-order valence-corrected chi connectivity index (χ4v) is 3.51. The molecular weight excluding hydrogens is 326 g/mol. The topological polar surface area (TPSA) is 100 Å². The molecule has 2 fully saturated rings. The summed E-state index contributed by atoms with van der Waals surface area (Å²) < 4.78 is 6.99. The lowest BCUT2D eigenvalue weighted by Gasteiger charge is -2.25. The minimum atomic E-state index is -0.430. The molecular formula is C16H19N5O4. The summed E-state index contributed by atoms with van der Waals surface area (Å²) >= 11 is 0. The highest BCUT2D eigenvalue weighted by atomic mass is 16.5. The number of hydrogen-bond donors (Lipinski definition) is 1. The van der Waals surface area contributed by atoms with Crippen molar-refractivity contribution in [3.05, 3.63) is 33.9 Å². The van der Waals surface area contributed by atoms with Gasteiger partial charge in [0, 0.05) is 38.1 Å². The van der Waals surface area contributed by atoms with E-state index in [9.17, 15) is 14.4 Å². The van der Waals surface area contributed by atoms with E-state index in [1.54, 1.807) is 22.9 Å². The Morgan fingerprint density at radius 1 is 1.36 bits per heavy atom. The monoisotopic (exact) mass is 345 g/mol. The summed E-state index contributed by atoms with van der Waals surface area (Å²) in [5.74, 6) is -0.386. The third-order valence-electron chi connectivity index (χ3n) is 4.92. The van der Waals surface area contributed by atoms with Gasteiger partial charge in [-0.05, 0) is 6.92 Å². The van der Waals surface area contributed by atoms with Crippen molar-refractivity contribution in [3.8, 4) is 0 Å². The molecule has 2 aromatic rings. The second-order valence-corrected chi connectivity index (χ2v) is 6.55. The molecule has 9 nitrogen and oxygen atoms in total. The molecule has 2 amide bonds. The molecule has 0 unspecified atom stereocenters. The number of nitrogens with one attached hydrogen (secondary N) is 1. The predicted molar refractivity (Wildman–Crippen MR) is 87.4 cm³/mol. The van der Waals surface area contributed by atoms with E-state index in [4.69, 9.17) is 4.74 Å². The number of amides is 2. The number of carbonyl (C=O) groups excluding carboxylic acids is 2. The van der Waals surface area contributed by atoms with Gasteiger partial charge >= 0.3 is 0 Å². The fourth-order valence-electron chi connectivity index (χ4n) is 3.51. The van der Waals surface area contributed by atoms with Gasteiger partial charge in [0.05, 0.1) is 25.2 Å². The first-order valence-electron chi connectivity index (χ1n) is 8.19. The number of aryl methyl sites for hydroxylation is 1. The van der Waals surface area contributed by atoms with Crippen LogP contribution in [-0.4, -0.2) is 75.1 Å². The Hall–Kier alpha value is -2.68. The van der Waals surface area contributed by atoms with Crippen molar-refractivity contribution in [1.82, 2.24) is 24.4 Å². The Kier molecular flexibility index (Phi) is 3.60. The highest BCUT2D eigenvalue weighted by Gasteiger charge is 2.42. The lowest BCUT2D eigenvalue weighted by Crippen LogP contribution is -2.43. The van der Waals surface area contributed by atoms with Crippen molar-refractivity contribution in [2.45, 2.75) is 25.5 Å². The van der Waals surface area contributed by atoms with Crippen LogP contribution in [-0.2, 0) is 9.53 Å². The number of rotatable bonds is 1. The van der Waals surface area contributed by atoms with Gasteiger partial charge in [0.2, 0.25) is 5.91 Å². The Bertz CT molecular complexity index is 917. The molecule has 2 atom stereocenters. The SMILES string of the molecule is Cc1cc2ncc(C(=O)N3C[C@@H]4OCCC(=O)N(C)[C@H]4C3)c(=O)n2[nH]1. The zero-order valence-corrected chi connectivity index (χ0v) is 14.1. The van der Waals surface area contributed by atoms with Crippen LogP contribution in [0.25, 0.3) is 5.65 Å². The van der Waals surface area contributed by atoms with Crippen LogP contribution in [0.15, 0.2) is 17.1 Å². The Balaban J connectivity index is 1.63. The van der Waals surface area contributed by atoms with E-state index in [2.05, 4.69) is 10.1 Å². The molecule has 9 heteroatoms. The highest BCUT2D eigenvalue weighted by Crippen LogP contribution is 2.23. The first-order valence-corrected chi connectivity index (χ1v) is 8.19. The van der Waals surface area contributed by atoms with Crippen molar-refractivity contribution in [2.24, 2.45) is 0 Å². The largest absolute Gasteiger partial charge is 0.374 e. The first kappa shape index (κ1) is 15.8. The van der Waals surface area contributed by atoms with Crippen LogP contribution in [0.5, 0.6) is 0 Å². The van der Waals surface area contributed by atoms with Crippen LogP contribution < -0.4 is 5.56 Å². The summed E-state index contributed by atoms with van der Waals surface area (Å²) in [6, 6.07) is 1.55. The zero-order valence-electron chi connectivity index (χ0n) is 14.1. The predicted octanol–water partition coefficient (Wildman–Crippen LogP) is -0.597. The van der Waals surface area contributed by atoms with Gasteiger partial charge in [-0.1, -0.05) is 0 Å². The lowest BCUT2D eigenvalue weighted by atomic mass is 10.2. The first-order chi connectivity index (χ1) is 12.0. The summed E-state index contributed by atoms with van der Waals surface area (Å²) in [7, 11) is 1.73. The van der Waals surface area contributed by atoms with Crippen molar-refractivity contribution >= 4 is 17.5 Å². The molecule has 0 bridgehead atoms. The summed E-state index contributed by atoms with van der Waals surface area (Å²) in [6.07, 6.45) is 1.44. The number of aromatic nitrogens is 3. The van der Waals surface area contributed by atoms with Gasteiger partial charge in [0.15, 0.2) is 5.65 Å². The van der Waals surface area contributed by atoms with E-state index in [0.717, 1.165) is 5.69 Å². The van der Waals surface area contributed by atoms with Crippen LogP contribution in [0.3, 0.4) is 0 Å². The number of nitrogens with zero attached hydrogens (tertiary/aromatic N) is 4. The minimum absolute atomic E-state index is 0.00443. The Morgan fingerprint density at radius 2 is 2.16 bits per heavy atom. The maximum absolute atomic E-state index is 12.8. The van der Waals surface area contributed by atoms with Crippen molar-refractivity contribution in [3.63, 3.8) is 0 Å². The number of hydrogen-bond acceptors (Lipinski definition) is 5. The smallest absolute Gasteiger partial charge is 0.285 e. The van der Waals surface area contributed by atoms with Gasteiger partial charge in [-0.2, -0.15) is 0 Å². The molecule has 1 N–H and O–H groups in total. The van der Waals surface area contributed by atoms with Crippen LogP contribution in [0.4, 0.5) is 0 Å². The molecule has 2 aliphatic heterocycles. The summed E-state index contributed by atoms with van der Waals surface area (Å²) in [5.41, 5.74) is 0.829. The van der Waals surface area contributed by atoms with Crippen molar-refractivity contribution < 1.29 is 14.3 Å². The summed E-state index contributed by atoms with van der Waals surface area (Å²) in [4.78, 5) is 44.8. The molecule has 0 saturated carbocycles. The van der Waals surface area contributed by atoms with Crippen LogP contribution >= 0.6 is 0 Å². The highest BCUT2D eigenvalue weighted by molar-refractivity contribution is 5.94. The molecule has 4 heterocycles.